The van der Waals surface area contributed by atoms with E-state index >= 15 is 0 Å². The van der Waals surface area contributed by atoms with Crippen LogP contribution in [0.4, 0.5) is 10.1 Å². The van der Waals surface area contributed by atoms with Crippen LogP contribution in [0.2, 0.25) is 5.02 Å². The molecule has 11 heteroatoms. The summed E-state index contributed by atoms with van der Waals surface area (Å²) >= 11 is 5.78. The molecule has 190 valence electrons. The second-order valence-corrected chi connectivity index (χ2v) is 11.5. The third-order valence-electron chi connectivity index (χ3n) is 6.78. The maximum absolute atomic E-state index is 13.7. The number of carbonyl (C=O) groups is 2. The standard InChI is InChI=1S/C24H30ClFN4O4S/c1-15-21(24(32)29-10-4-3-5-11-29)22(16(2)27-15)35(33,34)30-12-8-17(9-13-30)23(31)28-18-6-7-20(26)19(25)14-18/h6-7,14,17,27H,3-5,8-13H2,1-2H3,(H,28,31). The Labute approximate surface area is 209 Å². The lowest BCUT2D eigenvalue weighted by Gasteiger charge is -2.31. The number of H-pyrrole nitrogens is 1. The van der Waals surface area contributed by atoms with Gasteiger partial charge in [0.25, 0.3) is 5.91 Å². The number of piperidine rings is 2. The summed E-state index contributed by atoms with van der Waals surface area (Å²) in [5.74, 6) is -1.48. The molecule has 4 rings (SSSR count). The molecule has 2 aliphatic rings. The Hall–Kier alpha value is -2.43. The fourth-order valence-corrected chi connectivity index (χ4v) is 6.97. The fourth-order valence-electron chi connectivity index (χ4n) is 4.90. The van der Waals surface area contributed by atoms with Crippen molar-refractivity contribution in [1.82, 2.24) is 14.2 Å². The lowest BCUT2D eigenvalue weighted by molar-refractivity contribution is -0.120. The van der Waals surface area contributed by atoms with Crippen molar-refractivity contribution in [2.24, 2.45) is 5.92 Å². The molecule has 0 atom stereocenters. The highest BCUT2D eigenvalue weighted by Gasteiger charge is 2.38. The Kier molecular flexibility index (Phi) is 7.54. The third kappa shape index (κ3) is 5.24. The molecule has 0 spiro atoms. The van der Waals surface area contributed by atoms with E-state index in [1.54, 1.807) is 18.7 Å². The molecule has 0 saturated carbocycles. The second kappa shape index (κ2) is 10.3. The van der Waals surface area contributed by atoms with Crippen LogP contribution < -0.4 is 5.32 Å². The molecule has 0 unspecified atom stereocenters. The zero-order chi connectivity index (χ0) is 25.3. The number of aryl methyl sites for hydroxylation is 2. The van der Waals surface area contributed by atoms with Gasteiger partial charge in [0.05, 0.1) is 10.6 Å². The number of halogens is 2. The molecule has 8 nitrogen and oxygen atoms in total. The molecule has 2 aromatic rings. The number of nitrogens with one attached hydrogen (secondary N) is 2. The quantitative estimate of drug-likeness (QED) is 0.615. The molecule has 3 heterocycles. The van der Waals surface area contributed by atoms with Crippen LogP contribution in [-0.4, -0.2) is 60.6 Å². The largest absolute Gasteiger partial charge is 0.361 e. The molecular weight excluding hydrogens is 495 g/mol. The number of hydrogen-bond donors (Lipinski definition) is 2. The van der Waals surface area contributed by atoms with E-state index < -0.39 is 21.8 Å². The normalized spacial score (nSPS) is 18.0. The van der Waals surface area contributed by atoms with Gasteiger partial charge in [0, 0.05) is 49.2 Å². The van der Waals surface area contributed by atoms with Gasteiger partial charge in [-0.3, -0.25) is 9.59 Å². The maximum atomic E-state index is 13.7. The van der Waals surface area contributed by atoms with Gasteiger partial charge in [0.1, 0.15) is 10.7 Å². The third-order valence-corrected chi connectivity index (χ3v) is 9.15. The SMILES string of the molecule is Cc1[nH]c(C)c(S(=O)(=O)N2CCC(C(=O)Nc3ccc(F)c(Cl)c3)CC2)c1C(=O)N1CCCCC1. The highest BCUT2D eigenvalue weighted by atomic mass is 35.5. The number of aromatic nitrogens is 1. The van der Waals surface area contributed by atoms with Crippen molar-refractivity contribution in [3.63, 3.8) is 0 Å². The number of likely N-dealkylation sites (tertiary alicyclic amines) is 1. The minimum absolute atomic E-state index is 0.0365. The number of sulfonamides is 1. The van der Waals surface area contributed by atoms with E-state index in [1.165, 1.54) is 22.5 Å². The van der Waals surface area contributed by atoms with Gasteiger partial charge < -0.3 is 15.2 Å². The van der Waals surface area contributed by atoms with Crippen molar-refractivity contribution in [3.05, 3.63) is 46.0 Å². The molecule has 0 radical (unpaired) electrons. The summed E-state index contributed by atoms with van der Waals surface area (Å²) in [5, 5.41) is 2.64. The first kappa shape index (κ1) is 25.7. The average Bonchev–Trinajstić information content (AvgIpc) is 3.15. The summed E-state index contributed by atoms with van der Waals surface area (Å²) in [6.07, 6.45) is 3.55. The lowest BCUT2D eigenvalue weighted by Crippen LogP contribution is -2.42. The maximum Gasteiger partial charge on any atom is 0.257 e. The Morgan fingerprint density at radius 1 is 1.06 bits per heavy atom. The number of nitrogens with zero attached hydrogens (tertiary/aromatic N) is 2. The molecule has 0 bridgehead atoms. The zero-order valence-corrected chi connectivity index (χ0v) is 21.4. The first-order valence-corrected chi connectivity index (χ1v) is 13.7. The first-order chi connectivity index (χ1) is 16.6. The van der Waals surface area contributed by atoms with Crippen LogP contribution in [-0.2, 0) is 14.8 Å². The van der Waals surface area contributed by atoms with Crippen molar-refractivity contribution in [2.75, 3.05) is 31.5 Å². The molecule has 2 amide bonds. The van der Waals surface area contributed by atoms with Gasteiger partial charge in [-0.1, -0.05) is 11.6 Å². The van der Waals surface area contributed by atoms with Crippen LogP contribution >= 0.6 is 11.6 Å². The Morgan fingerprint density at radius 2 is 1.71 bits per heavy atom. The van der Waals surface area contributed by atoms with E-state index in [0.717, 1.165) is 19.3 Å². The van der Waals surface area contributed by atoms with Crippen LogP contribution in [0.15, 0.2) is 23.1 Å². The van der Waals surface area contributed by atoms with Gasteiger partial charge in [0.15, 0.2) is 0 Å². The van der Waals surface area contributed by atoms with E-state index in [2.05, 4.69) is 10.3 Å². The van der Waals surface area contributed by atoms with Crippen molar-refractivity contribution >= 4 is 39.1 Å². The van der Waals surface area contributed by atoms with E-state index in [-0.39, 0.29) is 40.4 Å². The minimum atomic E-state index is -3.94. The van der Waals surface area contributed by atoms with E-state index in [1.807, 2.05) is 0 Å². The predicted octanol–water partition coefficient (Wildman–Crippen LogP) is 4.09. The molecule has 35 heavy (non-hydrogen) atoms. The Bertz CT molecular complexity index is 1230. The van der Waals surface area contributed by atoms with Crippen molar-refractivity contribution in [3.8, 4) is 0 Å². The Balaban J connectivity index is 1.47. The van der Waals surface area contributed by atoms with Crippen LogP contribution in [0.25, 0.3) is 0 Å². The minimum Gasteiger partial charge on any atom is -0.361 e. The summed E-state index contributed by atoms with van der Waals surface area (Å²) in [4.78, 5) is 30.8. The van der Waals surface area contributed by atoms with E-state index in [9.17, 15) is 22.4 Å². The van der Waals surface area contributed by atoms with Crippen LogP contribution in [0.1, 0.15) is 53.8 Å². The lowest BCUT2D eigenvalue weighted by atomic mass is 9.97. The van der Waals surface area contributed by atoms with Crippen molar-refractivity contribution in [1.29, 1.82) is 0 Å². The van der Waals surface area contributed by atoms with Gasteiger partial charge in [-0.15, -0.1) is 0 Å². The summed E-state index contributed by atoms with van der Waals surface area (Å²) in [5.41, 5.74) is 1.59. The number of rotatable bonds is 5. The second-order valence-electron chi connectivity index (χ2n) is 9.23. The summed E-state index contributed by atoms with van der Waals surface area (Å²) in [7, 11) is -3.94. The topological polar surface area (TPSA) is 103 Å². The number of hydrogen-bond acceptors (Lipinski definition) is 4. The summed E-state index contributed by atoms with van der Waals surface area (Å²) in [6, 6.07) is 3.94. The predicted molar refractivity (Wildman–Crippen MR) is 132 cm³/mol. The molecule has 1 aromatic heterocycles. The van der Waals surface area contributed by atoms with E-state index in [4.69, 9.17) is 11.6 Å². The monoisotopic (exact) mass is 524 g/mol. The Morgan fingerprint density at radius 3 is 2.34 bits per heavy atom. The van der Waals surface area contributed by atoms with Gasteiger partial charge in [-0.05, 0) is 64.2 Å². The van der Waals surface area contributed by atoms with Crippen molar-refractivity contribution in [2.45, 2.75) is 50.8 Å². The van der Waals surface area contributed by atoms with E-state index in [0.29, 0.717) is 43.0 Å². The molecule has 1 aromatic carbocycles. The van der Waals surface area contributed by atoms with Crippen LogP contribution in [0, 0.1) is 25.6 Å². The number of carbonyl (C=O) groups excluding carboxylic acids is 2. The summed E-state index contributed by atoms with van der Waals surface area (Å²) in [6.45, 7) is 4.96. The van der Waals surface area contributed by atoms with Gasteiger partial charge >= 0.3 is 0 Å². The number of amides is 2. The summed E-state index contributed by atoms with van der Waals surface area (Å²) < 4.78 is 42.0. The number of benzene rings is 1. The number of aromatic amines is 1. The highest BCUT2D eigenvalue weighted by molar-refractivity contribution is 7.89. The highest BCUT2D eigenvalue weighted by Crippen LogP contribution is 2.32. The first-order valence-electron chi connectivity index (χ1n) is 11.8. The zero-order valence-electron chi connectivity index (χ0n) is 19.9. The molecule has 0 aliphatic carbocycles. The number of anilines is 1. The fraction of sp³-hybridized carbons (Fsp3) is 0.500. The van der Waals surface area contributed by atoms with Crippen LogP contribution in [0.5, 0.6) is 0 Å². The smallest absolute Gasteiger partial charge is 0.257 e. The molecule has 2 aliphatic heterocycles. The molecule has 2 saturated heterocycles. The molecular formula is C24H30ClFN4O4S. The van der Waals surface area contributed by atoms with Gasteiger partial charge in [-0.25, -0.2) is 12.8 Å². The average molecular weight is 525 g/mol. The molecule has 2 fully saturated rings. The van der Waals surface area contributed by atoms with Gasteiger partial charge in [-0.2, -0.15) is 4.31 Å². The van der Waals surface area contributed by atoms with Gasteiger partial charge in [0.2, 0.25) is 15.9 Å². The molecule has 2 N–H and O–H groups in total. The van der Waals surface area contributed by atoms with Crippen LogP contribution in [0.3, 0.4) is 0 Å². The van der Waals surface area contributed by atoms with Crippen molar-refractivity contribution < 1.29 is 22.4 Å².